The van der Waals surface area contributed by atoms with E-state index >= 15 is 4.39 Å². The average molecular weight is 696 g/mol. The van der Waals surface area contributed by atoms with Gasteiger partial charge in [-0.05, 0) is 36.6 Å². The summed E-state index contributed by atoms with van der Waals surface area (Å²) >= 11 is 0. The van der Waals surface area contributed by atoms with Crippen molar-refractivity contribution < 1.29 is 37.4 Å². The Balaban J connectivity index is 1.26. The highest BCUT2D eigenvalue weighted by atomic mass is 31.2. The van der Waals surface area contributed by atoms with E-state index in [1.165, 1.54) is 17.8 Å². The molecule has 2 aromatic carbocycles. The summed E-state index contributed by atoms with van der Waals surface area (Å²) < 4.78 is 55.3. The van der Waals surface area contributed by atoms with E-state index in [0.29, 0.717) is 16.7 Å². The van der Waals surface area contributed by atoms with Crippen LogP contribution in [0, 0.1) is 17.8 Å². The number of terminal acetylenes is 1. The molecule has 1 aliphatic carbocycles. The van der Waals surface area contributed by atoms with Gasteiger partial charge in [0.05, 0.1) is 19.5 Å². The van der Waals surface area contributed by atoms with Gasteiger partial charge in [-0.1, -0.05) is 63.1 Å². The van der Waals surface area contributed by atoms with Crippen LogP contribution in [0.2, 0.25) is 0 Å². The number of carbonyl (C=O) groups excluding carboxylic acids is 1. The van der Waals surface area contributed by atoms with Crippen LogP contribution in [0.15, 0.2) is 48.8 Å². The highest BCUT2D eigenvalue weighted by Crippen LogP contribution is 2.49. The summed E-state index contributed by atoms with van der Waals surface area (Å²) in [7, 11) is -4.47. The lowest BCUT2D eigenvalue weighted by atomic mass is 9.97. The molecule has 1 saturated carbocycles. The van der Waals surface area contributed by atoms with Crippen LogP contribution in [0.25, 0.3) is 21.9 Å². The Bertz CT molecular complexity index is 1950. The van der Waals surface area contributed by atoms with Gasteiger partial charge in [0.2, 0.25) is 11.6 Å². The van der Waals surface area contributed by atoms with Gasteiger partial charge in [0.1, 0.15) is 24.0 Å². The molecule has 3 heterocycles. The van der Waals surface area contributed by atoms with E-state index in [-0.39, 0.29) is 35.4 Å². The molecule has 16 heteroatoms. The number of nitrogen functional groups attached to an aromatic ring is 1. The molecule has 49 heavy (non-hydrogen) atoms. The molecule has 0 bridgehead atoms. The lowest BCUT2D eigenvalue weighted by Crippen LogP contribution is -2.42. The van der Waals surface area contributed by atoms with E-state index in [2.05, 4.69) is 25.4 Å². The van der Waals surface area contributed by atoms with Gasteiger partial charge in [-0.25, -0.2) is 13.9 Å². The van der Waals surface area contributed by atoms with Crippen molar-refractivity contribution in [2.24, 2.45) is 5.41 Å². The monoisotopic (exact) mass is 695 g/mol. The van der Waals surface area contributed by atoms with Gasteiger partial charge in [0, 0.05) is 11.4 Å². The first-order chi connectivity index (χ1) is 23.2. The first-order valence-electron chi connectivity index (χ1n) is 15.8. The molecule has 1 saturated heterocycles. The molecule has 5 N–H and O–H groups in total. The Morgan fingerprint density at radius 1 is 1.27 bits per heavy atom. The number of nitrogens with one attached hydrogen (secondary N) is 2. The molecule has 260 valence electrons. The van der Waals surface area contributed by atoms with Crippen LogP contribution in [0.1, 0.15) is 46.8 Å². The summed E-state index contributed by atoms with van der Waals surface area (Å²) in [6, 6.07) is 11.4. The van der Waals surface area contributed by atoms with E-state index in [1.807, 2.05) is 44.9 Å². The third kappa shape index (κ3) is 7.34. The third-order valence-corrected chi connectivity index (χ3v) is 9.64. The van der Waals surface area contributed by atoms with Gasteiger partial charge in [0.15, 0.2) is 23.2 Å². The van der Waals surface area contributed by atoms with Crippen LogP contribution in [-0.2, 0) is 23.4 Å². The first kappa shape index (κ1) is 34.5. The minimum atomic E-state index is -4.47. The summed E-state index contributed by atoms with van der Waals surface area (Å²) in [6.07, 6.45) is 3.77. The van der Waals surface area contributed by atoms with Crippen LogP contribution >= 0.6 is 7.75 Å². The van der Waals surface area contributed by atoms with Crippen molar-refractivity contribution in [2.75, 3.05) is 24.3 Å². The number of ether oxygens (including phenoxy) is 2. The fourth-order valence-corrected chi connectivity index (χ4v) is 6.83. The first-order valence-corrected chi connectivity index (χ1v) is 17.4. The van der Waals surface area contributed by atoms with E-state index in [1.54, 1.807) is 24.3 Å². The number of aromatic nitrogens is 4. The molecule has 0 radical (unpaired) electrons. The normalized spacial score (nSPS) is 24.3. The summed E-state index contributed by atoms with van der Waals surface area (Å²) in [6.45, 7) is 6.59. The van der Waals surface area contributed by atoms with Gasteiger partial charge in [-0.15, -0.1) is 6.42 Å². The van der Waals surface area contributed by atoms with Gasteiger partial charge < -0.3 is 30.2 Å². The zero-order chi connectivity index (χ0) is 35.1. The number of hydrogen-bond acceptors (Lipinski definition) is 12. The Morgan fingerprint density at radius 3 is 2.71 bits per heavy atom. The summed E-state index contributed by atoms with van der Waals surface area (Å²) in [5.41, 5.74) is 3.28. The number of rotatable bonds is 12. The molecule has 2 aromatic heterocycles. The lowest BCUT2D eigenvalue weighted by Gasteiger charge is -2.26. The second-order valence-electron chi connectivity index (χ2n) is 13.4. The maximum absolute atomic E-state index is 16.5. The molecule has 0 spiro atoms. The Morgan fingerprint density at radius 2 is 2.00 bits per heavy atom. The Labute approximate surface area is 282 Å². The second-order valence-corrected chi connectivity index (χ2v) is 15.1. The smallest absolute Gasteiger partial charge is 0.459 e. The topological polar surface area (TPSA) is 185 Å². The molecule has 2 aliphatic rings. The standard InChI is InChI=1S/C33H39FN7O7P/c1-6-33(34)26(42)24(47-30(33)41-18-36-25-27(37-21-14-15-21)38-31(35)39-28(25)41)16-46-49(44,40-19(2)29(43)45-17-32(3,4)5)48-23-13-9-11-20-10-7-8-12-22(20)23/h1,7-13,18-19,21,24,26,30,42H,14-17H2,2-5H3,(H,40,44)(H3,35,37,38,39)/t19-,24-,26-,30-,33-,49?/m1/s1. The minimum absolute atomic E-state index is 0.0891. The van der Waals surface area contributed by atoms with E-state index < -0.39 is 50.5 Å². The molecule has 2 fully saturated rings. The largest absolute Gasteiger partial charge is 0.464 e. The van der Waals surface area contributed by atoms with Crippen molar-refractivity contribution in [3.05, 3.63) is 48.8 Å². The number of aliphatic hydroxyl groups is 1. The molecule has 6 rings (SSSR count). The van der Waals surface area contributed by atoms with Gasteiger partial charge in [-0.2, -0.15) is 15.1 Å². The number of hydrogen-bond donors (Lipinski definition) is 4. The lowest BCUT2D eigenvalue weighted by molar-refractivity contribution is -0.148. The van der Waals surface area contributed by atoms with Crippen LogP contribution < -0.4 is 20.7 Å². The van der Waals surface area contributed by atoms with Crippen molar-refractivity contribution in [3.63, 3.8) is 0 Å². The highest BCUT2D eigenvalue weighted by molar-refractivity contribution is 7.52. The van der Waals surface area contributed by atoms with Crippen LogP contribution in [0.4, 0.5) is 16.2 Å². The van der Waals surface area contributed by atoms with Crippen molar-refractivity contribution in [1.29, 1.82) is 0 Å². The zero-order valence-corrected chi connectivity index (χ0v) is 28.4. The molecule has 6 atom stereocenters. The van der Waals surface area contributed by atoms with E-state index in [0.717, 1.165) is 18.2 Å². The number of anilines is 2. The van der Waals surface area contributed by atoms with Crippen molar-refractivity contribution in [3.8, 4) is 18.1 Å². The zero-order valence-electron chi connectivity index (χ0n) is 27.5. The summed E-state index contributed by atoms with van der Waals surface area (Å²) in [5.74, 6) is 1.79. The van der Waals surface area contributed by atoms with Gasteiger partial charge in [0.25, 0.3) is 0 Å². The molecule has 0 amide bonds. The minimum Gasteiger partial charge on any atom is -0.464 e. The number of nitrogens with two attached hydrogens (primary N) is 1. The van der Waals surface area contributed by atoms with Crippen LogP contribution in [0.3, 0.4) is 0 Å². The van der Waals surface area contributed by atoms with Crippen LogP contribution in [0.5, 0.6) is 5.75 Å². The fraction of sp³-hybridized carbons (Fsp3) is 0.455. The van der Waals surface area contributed by atoms with E-state index in [9.17, 15) is 14.5 Å². The fourth-order valence-electron chi connectivity index (χ4n) is 5.31. The quantitative estimate of drug-likeness (QED) is 0.0923. The van der Waals surface area contributed by atoms with Crippen molar-refractivity contribution >= 4 is 47.4 Å². The molecule has 1 unspecified atom stereocenters. The summed E-state index contributed by atoms with van der Waals surface area (Å²) in [5, 5.41) is 18.4. The SMILES string of the molecule is C#C[C@@]1(F)[C@H](O)[C@@H](COP(=O)(N[C@H](C)C(=O)OCC(C)(C)C)Oc2cccc3ccccc23)O[C@H]1n1cnc2c(NC3CC3)nc(N)nc21. The highest BCUT2D eigenvalue weighted by Gasteiger charge is 2.58. The maximum Gasteiger partial charge on any atom is 0.459 e. The van der Waals surface area contributed by atoms with Gasteiger partial charge in [-0.3, -0.25) is 13.9 Å². The predicted molar refractivity (Wildman–Crippen MR) is 180 cm³/mol. The van der Waals surface area contributed by atoms with Crippen molar-refractivity contribution in [1.82, 2.24) is 24.6 Å². The number of benzene rings is 2. The number of fused-ring (bicyclic) bond motifs is 2. The number of halogens is 1. The molecule has 4 aromatic rings. The number of alkyl halides is 1. The molecular weight excluding hydrogens is 656 g/mol. The van der Waals surface area contributed by atoms with Crippen LogP contribution in [-0.4, -0.2) is 73.8 Å². The molecule has 1 aliphatic heterocycles. The summed E-state index contributed by atoms with van der Waals surface area (Å²) in [4.78, 5) is 25.7. The number of imidazole rings is 1. The third-order valence-electron chi connectivity index (χ3n) is 8.01. The molecular formula is C33H39FN7O7P. The second kappa shape index (κ2) is 13.2. The Kier molecular flexibility index (Phi) is 9.29. The molecule has 14 nitrogen and oxygen atoms in total. The number of aliphatic hydroxyl groups excluding tert-OH is 1. The maximum atomic E-state index is 16.5. The number of carbonyl (C=O) groups is 1. The average Bonchev–Trinajstić information content (AvgIpc) is 3.72. The van der Waals surface area contributed by atoms with Crippen molar-refractivity contribution in [2.45, 2.75) is 76.7 Å². The number of nitrogens with zero attached hydrogens (tertiary/aromatic N) is 4. The number of esters is 1. The van der Waals surface area contributed by atoms with E-state index in [4.69, 9.17) is 30.7 Å². The van der Waals surface area contributed by atoms with Gasteiger partial charge >= 0.3 is 13.7 Å². The predicted octanol–water partition coefficient (Wildman–Crippen LogP) is 4.51. The Hall–Kier alpha value is -4.32.